The highest BCUT2D eigenvalue weighted by Crippen LogP contribution is 2.22. The van der Waals surface area contributed by atoms with Crippen LogP contribution in [0.3, 0.4) is 0 Å². The summed E-state index contributed by atoms with van der Waals surface area (Å²) in [5.41, 5.74) is 0.853. The van der Waals surface area contributed by atoms with E-state index in [2.05, 4.69) is 10.3 Å². The summed E-state index contributed by atoms with van der Waals surface area (Å²) in [5.74, 6) is 0.196. The summed E-state index contributed by atoms with van der Waals surface area (Å²) < 4.78 is 27.7. The minimum Gasteiger partial charge on any atom is -0.474 e. The van der Waals surface area contributed by atoms with Crippen LogP contribution in [0, 0.1) is 0 Å². The van der Waals surface area contributed by atoms with Gasteiger partial charge in [-0.3, -0.25) is 4.79 Å². The van der Waals surface area contributed by atoms with E-state index in [-0.39, 0.29) is 24.2 Å². The van der Waals surface area contributed by atoms with Crippen molar-refractivity contribution in [2.45, 2.75) is 44.8 Å². The van der Waals surface area contributed by atoms with E-state index in [0.29, 0.717) is 12.4 Å². The fraction of sp³-hybridized carbons (Fsp3) is 0.600. The molecule has 0 atom stereocenters. The quantitative estimate of drug-likeness (QED) is 0.820. The van der Waals surface area contributed by atoms with Gasteiger partial charge >= 0.3 is 0 Å². The highest BCUT2D eigenvalue weighted by molar-refractivity contribution is 7.90. The summed E-state index contributed by atoms with van der Waals surface area (Å²) in [5, 5.41) is 2.68. The highest BCUT2D eigenvalue weighted by atomic mass is 32.2. The molecule has 2 rings (SSSR count). The van der Waals surface area contributed by atoms with Crippen molar-refractivity contribution in [3.8, 4) is 5.88 Å². The van der Waals surface area contributed by atoms with E-state index in [1.165, 1.54) is 12.8 Å². The van der Waals surface area contributed by atoms with Crippen LogP contribution in [0.5, 0.6) is 5.88 Å². The Labute approximate surface area is 131 Å². The lowest BCUT2D eigenvalue weighted by atomic mass is 10.2. The van der Waals surface area contributed by atoms with Crippen LogP contribution < -0.4 is 10.1 Å². The van der Waals surface area contributed by atoms with E-state index in [1.807, 2.05) is 6.07 Å². The van der Waals surface area contributed by atoms with E-state index in [0.717, 1.165) is 24.7 Å². The summed E-state index contributed by atoms with van der Waals surface area (Å²) in [6.45, 7) is 0.333. The van der Waals surface area contributed by atoms with Gasteiger partial charge in [0.05, 0.1) is 5.75 Å². The van der Waals surface area contributed by atoms with Gasteiger partial charge in [-0.25, -0.2) is 13.4 Å². The Balaban J connectivity index is 1.75. The topological polar surface area (TPSA) is 85.4 Å². The first-order valence-electron chi connectivity index (χ1n) is 7.48. The second-order valence-corrected chi connectivity index (χ2v) is 7.95. The molecule has 1 heterocycles. The van der Waals surface area contributed by atoms with Crippen molar-refractivity contribution in [3.63, 3.8) is 0 Å². The largest absolute Gasteiger partial charge is 0.474 e. The van der Waals surface area contributed by atoms with Crippen molar-refractivity contribution < 1.29 is 17.9 Å². The van der Waals surface area contributed by atoms with Crippen LogP contribution in [0.25, 0.3) is 0 Å². The summed E-state index contributed by atoms with van der Waals surface area (Å²) in [6.07, 6.45) is 7.63. The molecule has 22 heavy (non-hydrogen) atoms. The molecule has 0 aromatic carbocycles. The van der Waals surface area contributed by atoms with Crippen LogP contribution in [-0.2, 0) is 21.2 Å². The van der Waals surface area contributed by atoms with Crippen LogP contribution in [0.2, 0.25) is 0 Å². The number of hydrogen-bond donors (Lipinski definition) is 1. The van der Waals surface area contributed by atoms with Gasteiger partial charge < -0.3 is 10.1 Å². The molecule has 1 amide bonds. The average molecular weight is 326 g/mol. The molecule has 7 heteroatoms. The van der Waals surface area contributed by atoms with Gasteiger partial charge in [-0.2, -0.15) is 0 Å². The lowest BCUT2D eigenvalue weighted by Crippen LogP contribution is -2.25. The smallest absolute Gasteiger partial charge is 0.221 e. The summed E-state index contributed by atoms with van der Waals surface area (Å²) in [7, 11) is -3.11. The fourth-order valence-corrected chi connectivity index (χ4v) is 2.89. The molecule has 1 aliphatic rings. The number of nitrogens with one attached hydrogen (secondary N) is 1. The van der Waals surface area contributed by atoms with Gasteiger partial charge in [0.25, 0.3) is 0 Å². The number of carbonyl (C=O) groups excluding carboxylic acids is 1. The van der Waals surface area contributed by atoms with Gasteiger partial charge in [-0.05, 0) is 31.2 Å². The Hall–Kier alpha value is -1.63. The maximum Gasteiger partial charge on any atom is 0.221 e. The third-order valence-electron chi connectivity index (χ3n) is 3.58. The third kappa shape index (κ3) is 6.01. The lowest BCUT2D eigenvalue weighted by molar-refractivity contribution is -0.120. The van der Waals surface area contributed by atoms with E-state index in [1.54, 1.807) is 12.3 Å². The number of carbonyl (C=O) groups is 1. The maximum atomic E-state index is 11.5. The molecule has 1 aliphatic carbocycles. The van der Waals surface area contributed by atoms with Crippen LogP contribution in [-0.4, -0.2) is 37.4 Å². The van der Waals surface area contributed by atoms with Crippen molar-refractivity contribution in [1.82, 2.24) is 10.3 Å². The first-order chi connectivity index (χ1) is 10.4. The van der Waals surface area contributed by atoms with Crippen molar-refractivity contribution in [2.75, 3.05) is 12.0 Å². The second kappa shape index (κ2) is 7.58. The Morgan fingerprint density at radius 3 is 2.68 bits per heavy atom. The molecule has 1 saturated carbocycles. The van der Waals surface area contributed by atoms with Gasteiger partial charge in [0.15, 0.2) is 0 Å². The zero-order valence-corrected chi connectivity index (χ0v) is 13.6. The van der Waals surface area contributed by atoms with Crippen LogP contribution in [0.4, 0.5) is 0 Å². The van der Waals surface area contributed by atoms with E-state index < -0.39 is 9.84 Å². The normalized spacial score (nSPS) is 15.7. The molecule has 1 aromatic heterocycles. The molecule has 1 N–H and O–H groups in total. The first kappa shape index (κ1) is 16.7. The van der Waals surface area contributed by atoms with Gasteiger partial charge in [-0.1, -0.05) is 6.07 Å². The molecule has 1 aromatic rings. The maximum absolute atomic E-state index is 11.5. The number of rotatable bonds is 7. The molecule has 0 aliphatic heterocycles. The molecule has 0 spiro atoms. The molecule has 0 unspecified atom stereocenters. The fourth-order valence-electron chi connectivity index (χ4n) is 2.33. The van der Waals surface area contributed by atoms with Gasteiger partial charge in [0.2, 0.25) is 11.8 Å². The Kier molecular flexibility index (Phi) is 5.76. The minimum absolute atomic E-state index is 0.0187. The van der Waals surface area contributed by atoms with Crippen LogP contribution >= 0.6 is 0 Å². The van der Waals surface area contributed by atoms with Crippen LogP contribution in [0.1, 0.15) is 37.7 Å². The predicted octanol–water partition coefficient (Wildman–Crippen LogP) is 1.45. The van der Waals surface area contributed by atoms with E-state index in [4.69, 9.17) is 4.74 Å². The number of aromatic nitrogens is 1. The van der Waals surface area contributed by atoms with Crippen LogP contribution in [0.15, 0.2) is 18.3 Å². The number of amides is 1. The van der Waals surface area contributed by atoms with Crippen molar-refractivity contribution in [2.24, 2.45) is 0 Å². The van der Waals surface area contributed by atoms with Gasteiger partial charge in [-0.15, -0.1) is 0 Å². The highest BCUT2D eigenvalue weighted by Gasteiger charge is 2.16. The Bertz CT molecular complexity index is 592. The number of ether oxygens (including phenoxy) is 1. The number of nitrogens with zero attached hydrogens (tertiary/aromatic N) is 1. The molecular weight excluding hydrogens is 304 g/mol. The number of pyridine rings is 1. The predicted molar refractivity (Wildman–Crippen MR) is 83.3 cm³/mol. The number of hydrogen-bond acceptors (Lipinski definition) is 5. The standard InChI is InChI=1S/C15H22N2O4S/c1-22(19,20)9-8-14(18)16-10-12-6-7-15(17-11-12)21-13-4-2-3-5-13/h6-7,11,13H,2-5,8-10H2,1H3,(H,16,18). The molecular formula is C15H22N2O4S. The van der Waals surface area contributed by atoms with Gasteiger partial charge in [0, 0.05) is 31.5 Å². The molecule has 6 nitrogen and oxygen atoms in total. The minimum atomic E-state index is -3.11. The molecule has 0 saturated heterocycles. The monoisotopic (exact) mass is 326 g/mol. The zero-order chi connectivity index (χ0) is 16.0. The molecule has 122 valence electrons. The van der Waals surface area contributed by atoms with E-state index >= 15 is 0 Å². The Morgan fingerprint density at radius 2 is 2.09 bits per heavy atom. The third-order valence-corrected chi connectivity index (χ3v) is 4.52. The van der Waals surface area contributed by atoms with Crippen molar-refractivity contribution in [1.29, 1.82) is 0 Å². The Morgan fingerprint density at radius 1 is 1.36 bits per heavy atom. The van der Waals surface area contributed by atoms with E-state index in [9.17, 15) is 13.2 Å². The molecule has 0 radical (unpaired) electrons. The first-order valence-corrected chi connectivity index (χ1v) is 9.54. The van der Waals surface area contributed by atoms with Gasteiger partial charge in [0.1, 0.15) is 15.9 Å². The molecule has 1 fully saturated rings. The summed E-state index contributed by atoms with van der Waals surface area (Å²) in [6, 6.07) is 3.66. The van der Waals surface area contributed by atoms with Crippen molar-refractivity contribution in [3.05, 3.63) is 23.9 Å². The summed E-state index contributed by atoms with van der Waals surface area (Å²) >= 11 is 0. The summed E-state index contributed by atoms with van der Waals surface area (Å²) in [4.78, 5) is 15.8. The average Bonchev–Trinajstić information content (AvgIpc) is 2.96. The number of sulfone groups is 1. The SMILES string of the molecule is CS(=O)(=O)CCC(=O)NCc1ccc(OC2CCCC2)nc1. The zero-order valence-electron chi connectivity index (χ0n) is 12.7. The lowest BCUT2D eigenvalue weighted by Gasteiger charge is -2.12. The van der Waals surface area contributed by atoms with Crippen molar-refractivity contribution >= 4 is 15.7 Å². The second-order valence-electron chi connectivity index (χ2n) is 5.69. The molecule has 0 bridgehead atoms.